The number of hydrogen-bond donors (Lipinski definition) is 1. The highest BCUT2D eigenvalue weighted by Gasteiger charge is 2.31. The molecule has 1 unspecified atom stereocenters. The van der Waals surface area contributed by atoms with Crippen molar-refractivity contribution >= 4 is 34.2 Å². The summed E-state index contributed by atoms with van der Waals surface area (Å²) in [7, 11) is 0. The summed E-state index contributed by atoms with van der Waals surface area (Å²) in [6.07, 6.45) is 0.873. The van der Waals surface area contributed by atoms with Crippen molar-refractivity contribution in [1.29, 1.82) is 0 Å². The number of amides is 1. The third-order valence-corrected chi connectivity index (χ3v) is 4.53. The second kappa shape index (κ2) is 5.09. The van der Waals surface area contributed by atoms with E-state index < -0.39 is 0 Å². The Kier molecular flexibility index (Phi) is 3.41. The van der Waals surface area contributed by atoms with Gasteiger partial charge in [0.05, 0.1) is 3.57 Å². The molecule has 0 fully saturated rings. The molecule has 3 rings (SSSR count). The zero-order valence-electron chi connectivity index (χ0n) is 11.0. The van der Waals surface area contributed by atoms with E-state index in [2.05, 4.69) is 6.07 Å². The fraction of sp³-hybridized carbons (Fsp3) is 0.188. The van der Waals surface area contributed by atoms with Gasteiger partial charge in [-0.05, 0) is 65.8 Å². The SMILES string of the molecule is CC1Cc2ccccc2N1C(=O)c1ccc(I)c(O)c1. The first-order valence-corrected chi connectivity index (χ1v) is 7.56. The number of rotatable bonds is 1. The predicted molar refractivity (Wildman–Crippen MR) is 87.2 cm³/mol. The molecule has 1 heterocycles. The summed E-state index contributed by atoms with van der Waals surface area (Å²) in [4.78, 5) is 14.5. The van der Waals surface area contributed by atoms with Gasteiger partial charge in [-0.25, -0.2) is 0 Å². The Morgan fingerprint density at radius 2 is 2.05 bits per heavy atom. The minimum atomic E-state index is -0.0610. The molecule has 2 aromatic rings. The van der Waals surface area contributed by atoms with Crippen molar-refractivity contribution in [2.75, 3.05) is 4.90 Å². The monoisotopic (exact) mass is 379 g/mol. The molecular weight excluding hydrogens is 365 g/mol. The number of hydrogen-bond acceptors (Lipinski definition) is 2. The Bertz CT molecular complexity index is 684. The molecule has 0 saturated heterocycles. The Hall–Kier alpha value is -1.56. The topological polar surface area (TPSA) is 40.5 Å². The number of phenols is 1. The molecule has 0 aromatic heterocycles. The summed E-state index contributed by atoms with van der Waals surface area (Å²) in [5, 5.41) is 9.77. The van der Waals surface area contributed by atoms with Crippen LogP contribution in [0.1, 0.15) is 22.8 Å². The van der Waals surface area contributed by atoms with Crippen LogP contribution in [0.5, 0.6) is 5.75 Å². The van der Waals surface area contributed by atoms with Gasteiger partial charge in [-0.1, -0.05) is 18.2 Å². The minimum absolute atomic E-state index is 0.0610. The second-order valence-corrected chi connectivity index (χ2v) is 6.19. The average molecular weight is 379 g/mol. The molecule has 1 amide bonds. The molecule has 3 nitrogen and oxygen atoms in total. The lowest BCUT2D eigenvalue weighted by Crippen LogP contribution is -2.35. The highest BCUT2D eigenvalue weighted by Crippen LogP contribution is 2.33. The second-order valence-electron chi connectivity index (χ2n) is 5.02. The smallest absolute Gasteiger partial charge is 0.258 e. The first kappa shape index (κ1) is 13.4. The van der Waals surface area contributed by atoms with E-state index in [0.29, 0.717) is 5.56 Å². The molecule has 1 atom stereocenters. The van der Waals surface area contributed by atoms with E-state index in [9.17, 15) is 9.90 Å². The third kappa shape index (κ3) is 2.18. The van der Waals surface area contributed by atoms with E-state index >= 15 is 0 Å². The van der Waals surface area contributed by atoms with E-state index in [-0.39, 0.29) is 17.7 Å². The molecule has 1 N–H and O–H groups in total. The van der Waals surface area contributed by atoms with Crippen molar-refractivity contribution in [3.8, 4) is 5.75 Å². The van der Waals surface area contributed by atoms with Gasteiger partial charge in [-0.2, -0.15) is 0 Å². The van der Waals surface area contributed by atoms with Gasteiger partial charge in [0.15, 0.2) is 0 Å². The minimum Gasteiger partial charge on any atom is -0.507 e. The number of benzene rings is 2. The molecule has 0 radical (unpaired) electrons. The van der Waals surface area contributed by atoms with Gasteiger partial charge in [-0.3, -0.25) is 4.79 Å². The van der Waals surface area contributed by atoms with Crippen LogP contribution in [0.4, 0.5) is 5.69 Å². The zero-order valence-corrected chi connectivity index (χ0v) is 13.2. The highest BCUT2D eigenvalue weighted by molar-refractivity contribution is 14.1. The maximum Gasteiger partial charge on any atom is 0.258 e. The number of carbonyl (C=O) groups excluding carboxylic acids is 1. The maximum atomic E-state index is 12.7. The van der Waals surface area contributed by atoms with Crippen LogP contribution in [0, 0.1) is 3.57 Å². The molecule has 0 spiro atoms. The number of nitrogens with zero attached hydrogens (tertiary/aromatic N) is 1. The molecule has 1 aliphatic rings. The fourth-order valence-electron chi connectivity index (χ4n) is 2.66. The molecule has 0 bridgehead atoms. The van der Waals surface area contributed by atoms with Crippen molar-refractivity contribution in [2.45, 2.75) is 19.4 Å². The third-order valence-electron chi connectivity index (χ3n) is 3.62. The van der Waals surface area contributed by atoms with Gasteiger partial charge >= 0.3 is 0 Å². The molecule has 20 heavy (non-hydrogen) atoms. The lowest BCUT2D eigenvalue weighted by atomic mass is 10.1. The van der Waals surface area contributed by atoms with Crippen molar-refractivity contribution in [3.63, 3.8) is 0 Å². The first-order valence-electron chi connectivity index (χ1n) is 6.48. The Morgan fingerprint density at radius 3 is 2.80 bits per heavy atom. The number of para-hydroxylation sites is 1. The number of phenolic OH excluding ortho intramolecular Hbond substituents is 1. The molecule has 4 heteroatoms. The van der Waals surface area contributed by atoms with Crippen LogP contribution in [0.15, 0.2) is 42.5 Å². The number of fused-ring (bicyclic) bond motifs is 1. The van der Waals surface area contributed by atoms with E-state index in [4.69, 9.17) is 0 Å². The lowest BCUT2D eigenvalue weighted by molar-refractivity contribution is 0.0981. The van der Waals surface area contributed by atoms with Crippen LogP contribution in [-0.2, 0) is 6.42 Å². The van der Waals surface area contributed by atoms with Gasteiger partial charge in [0.1, 0.15) is 5.75 Å². The number of aromatic hydroxyl groups is 1. The van der Waals surface area contributed by atoms with E-state index in [0.717, 1.165) is 15.7 Å². The Labute approximate surface area is 131 Å². The molecule has 0 aliphatic carbocycles. The quantitative estimate of drug-likeness (QED) is 0.770. The zero-order chi connectivity index (χ0) is 14.3. The Morgan fingerprint density at radius 1 is 1.30 bits per heavy atom. The van der Waals surface area contributed by atoms with Crippen LogP contribution in [-0.4, -0.2) is 17.1 Å². The largest absolute Gasteiger partial charge is 0.507 e. The first-order chi connectivity index (χ1) is 9.58. The molecule has 1 aliphatic heterocycles. The average Bonchev–Trinajstić information content (AvgIpc) is 2.77. The van der Waals surface area contributed by atoms with E-state index in [1.165, 1.54) is 11.6 Å². The lowest BCUT2D eigenvalue weighted by Gasteiger charge is -2.23. The Balaban J connectivity index is 2.00. The summed E-state index contributed by atoms with van der Waals surface area (Å²) in [6, 6.07) is 13.2. The standard InChI is InChI=1S/C16H14INO2/c1-10-8-11-4-2-3-5-14(11)18(10)16(20)12-6-7-13(17)15(19)9-12/h2-7,9-10,19H,8H2,1H3. The van der Waals surface area contributed by atoms with Crippen molar-refractivity contribution < 1.29 is 9.90 Å². The van der Waals surface area contributed by atoms with E-state index in [1.54, 1.807) is 12.1 Å². The fourth-order valence-corrected chi connectivity index (χ4v) is 3.00. The highest BCUT2D eigenvalue weighted by atomic mass is 127. The van der Waals surface area contributed by atoms with Crippen LogP contribution < -0.4 is 4.90 Å². The summed E-state index contributed by atoms with van der Waals surface area (Å²) in [6.45, 7) is 2.05. The number of carbonyl (C=O) groups is 1. The normalized spacial score (nSPS) is 17.1. The van der Waals surface area contributed by atoms with Crippen molar-refractivity contribution in [3.05, 3.63) is 57.2 Å². The van der Waals surface area contributed by atoms with Gasteiger partial charge in [0, 0.05) is 17.3 Å². The summed E-state index contributed by atoms with van der Waals surface area (Å²) < 4.78 is 0.744. The number of halogens is 1. The van der Waals surface area contributed by atoms with Crippen LogP contribution in [0.25, 0.3) is 0 Å². The molecule has 102 valence electrons. The maximum absolute atomic E-state index is 12.7. The molecule has 2 aromatic carbocycles. The summed E-state index contributed by atoms with van der Waals surface area (Å²) >= 11 is 2.04. The van der Waals surface area contributed by atoms with Crippen LogP contribution in [0.2, 0.25) is 0 Å². The van der Waals surface area contributed by atoms with Gasteiger partial charge in [0.2, 0.25) is 0 Å². The van der Waals surface area contributed by atoms with Gasteiger partial charge < -0.3 is 10.0 Å². The van der Waals surface area contributed by atoms with Crippen LogP contribution in [0.3, 0.4) is 0 Å². The van der Waals surface area contributed by atoms with Gasteiger partial charge in [-0.15, -0.1) is 0 Å². The summed E-state index contributed by atoms with van der Waals surface area (Å²) in [5.41, 5.74) is 2.69. The molecule has 0 saturated carbocycles. The van der Waals surface area contributed by atoms with Crippen molar-refractivity contribution in [1.82, 2.24) is 0 Å². The predicted octanol–water partition coefficient (Wildman–Crippen LogP) is 3.59. The van der Waals surface area contributed by atoms with Crippen LogP contribution >= 0.6 is 22.6 Å². The van der Waals surface area contributed by atoms with Crippen molar-refractivity contribution in [2.24, 2.45) is 0 Å². The van der Waals surface area contributed by atoms with E-state index in [1.807, 2.05) is 52.6 Å². The van der Waals surface area contributed by atoms with Gasteiger partial charge in [0.25, 0.3) is 5.91 Å². The molecular formula is C16H14INO2. The summed E-state index contributed by atoms with van der Waals surface area (Å²) in [5.74, 6) is 0.0886. The number of anilines is 1.